The van der Waals surface area contributed by atoms with E-state index in [1.165, 1.54) is 12.4 Å². The highest BCUT2D eigenvalue weighted by molar-refractivity contribution is 8.01. The summed E-state index contributed by atoms with van der Waals surface area (Å²) in [4.78, 5) is 15.3. The van der Waals surface area contributed by atoms with E-state index in [0.29, 0.717) is 9.24 Å². The van der Waals surface area contributed by atoms with Crippen LogP contribution in [0.4, 0.5) is 10.1 Å². The zero-order valence-corrected chi connectivity index (χ0v) is 9.89. The van der Waals surface area contributed by atoms with Gasteiger partial charge in [0.05, 0.1) is 11.3 Å². The first kappa shape index (κ1) is 11.8. The Morgan fingerprint density at radius 1 is 1.53 bits per heavy atom. The molecule has 0 unspecified atom stereocenters. The predicted octanol–water partition coefficient (Wildman–Crippen LogP) is 2.11. The van der Waals surface area contributed by atoms with Crippen LogP contribution in [0.5, 0.6) is 0 Å². The number of carboxylic acids is 1. The molecule has 0 aliphatic heterocycles. The van der Waals surface area contributed by atoms with E-state index in [0.717, 1.165) is 29.4 Å². The minimum Gasteiger partial charge on any atom is -0.478 e. The van der Waals surface area contributed by atoms with Crippen LogP contribution in [0, 0.1) is 5.82 Å². The Morgan fingerprint density at radius 2 is 2.29 bits per heavy atom. The zero-order chi connectivity index (χ0) is 12.4. The Morgan fingerprint density at radius 3 is 2.88 bits per heavy atom. The first-order valence-electron chi connectivity index (χ1n) is 4.35. The Labute approximate surface area is 104 Å². The minimum atomic E-state index is -1.27. The lowest BCUT2D eigenvalue weighted by molar-refractivity contribution is 0.0694. The summed E-state index contributed by atoms with van der Waals surface area (Å²) >= 11 is 2.21. The smallest absolute Gasteiger partial charge is 0.339 e. The summed E-state index contributed by atoms with van der Waals surface area (Å²) in [7, 11) is 0. The van der Waals surface area contributed by atoms with Crippen LogP contribution in [0.3, 0.4) is 0 Å². The Balaban J connectivity index is 2.47. The highest BCUT2D eigenvalue weighted by atomic mass is 32.2. The lowest BCUT2D eigenvalue weighted by atomic mass is 10.2. The third kappa shape index (κ3) is 2.37. The monoisotopic (exact) mass is 271 g/mol. The average molecular weight is 271 g/mol. The lowest BCUT2D eigenvalue weighted by Gasteiger charge is -2.07. The van der Waals surface area contributed by atoms with E-state index in [-0.39, 0.29) is 11.3 Å². The van der Waals surface area contributed by atoms with Crippen LogP contribution in [0.25, 0.3) is 0 Å². The summed E-state index contributed by atoms with van der Waals surface area (Å²) in [5, 5.41) is 9.01. The number of halogens is 1. The van der Waals surface area contributed by atoms with Gasteiger partial charge >= 0.3 is 5.97 Å². The molecular weight excluding hydrogens is 265 g/mol. The number of carbonyl (C=O) groups is 1. The fraction of sp³-hybridized carbons (Fsp3) is 0. The molecule has 8 heteroatoms. The maximum atomic E-state index is 13.2. The highest BCUT2D eigenvalue weighted by Gasteiger charge is 2.18. The second kappa shape index (κ2) is 4.68. The van der Waals surface area contributed by atoms with E-state index in [1.807, 2.05) is 0 Å². The van der Waals surface area contributed by atoms with Crippen LogP contribution in [0.15, 0.2) is 27.7 Å². The topological polar surface area (TPSA) is 89.1 Å². The fourth-order valence-corrected chi connectivity index (χ4v) is 2.73. The van der Waals surface area contributed by atoms with Crippen LogP contribution >= 0.6 is 23.3 Å². The molecule has 0 radical (unpaired) electrons. The number of rotatable bonds is 3. The first-order chi connectivity index (χ1) is 8.09. The third-order valence-corrected chi connectivity index (χ3v) is 3.68. The van der Waals surface area contributed by atoms with Crippen molar-refractivity contribution in [3.8, 4) is 0 Å². The van der Waals surface area contributed by atoms with Gasteiger partial charge in [-0.3, -0.25) is 0 Å². The van der Waals surface area contributed by atoms with Crippen molar-refractivity contribution in [1.82, 2.24) is 9.36 Å². The molecule has 2 aromatic rings. The molecule has 17 heavy (non-hydrogen) atoms. The number of nitrogen functional groups attached to an aromatic ring is 1. The third-order valence-electron chi connectivity index (χ3n) is 1.91. The lowest BCUT2D eigenvalue weighted by Crippen LogP contribution is -2.06. The van der Waals surface area contributed by atoms with Gasteiger partial charge in [0.15, 0.2) is 4.34 Å². The standard InChI is InChI=1S/C9H6FN3O2S2/c10-4-1-2-5(6(7(4)11)8(14)15)16-9-12-3-13-17-9/h1-3H,11H2,(H,14,15). The predicted molar refractivity (Wildman–Crippen MR) is 61.8 cm³/mol. The first-order valence-corrected chi connectivity index (χ1v) is 5.94. The number of hydrogen-bond donors (Lipinski definition) is 2. The van der Waals surface area contributed by atoms with Crippen LogP contribution in [-0.2, 0) is 0 Å². The molecule has 1 heterocycles. The number of aromatic nitrogens is 2. The zero-order valence-electron chi connectivity index (χ0n) is 8.25. The summed E-state index contributed by atoms with van der Waals surface area (Å²) in [5.74, 6) is -2.02. The number of anilines is 1. The van der Waals surface area contributed by atoms with Gasteiger partial charge in [-0.15, -0.1) is 0 Å². The molecule has 0 aliphatic rings. The summed E-state index contributed by atoms with van der Waals surface area (Å²) in [6.07, 6.45) is 1.36. The van der Waals surface area contributed by atoms with Crippen molar-refractivity contribution in [2.75, 3.05) is 5.73 Å². The Hall–Kier alpha value is -1.67. The van der Waals surface area contributed by atoms with E-state index >= 15 is 0 Å². The average Bonchev–Trinajstić information content (AvgIpc) is 2.76. The van der Waals surface area contributed by atoms with Crippen LogP contribution < -0.4 is 5.73 Å². The number of nitrogens with two attached hydrogens (primary N) is 1. The van der Waals surface area contributed by atoms with Crippen LogP contribution in [0.1, 0.15) is 10.4 Å². The second-order valence-corrected chi connectivity index (χ2v) is 5.02. The fourth-order valence-electron chi connectivity index (χ4n) is 1.18. The van der Waals surface area contributed by atoms with Crippen LogP contribution in [0.2, 0.25) is 0 Å². The van der Waals surface area contributed by atoms with E-state index in [4.69, 9.17) is 10.8 Å². The van der Waals surface area contributed by atoms with Crippen molar-refractivity contribution in [3.05, 3.63) is 29.8 Å². The summed E-state index contributed by atoms with van der Waals surface area (Å²) in [6, 6.07) is 2.49. The normalized spacial score (nSPS) is 10.4. The maximum Gasteiger partial charge on any atom is 0.339 e. The van der Waals surface area contributed by atoms with Gasteiger partial charge in [-0.2, -0.15) is 4.37 Å². The van der Waals surface area contributed by atoms with E-state index in [2.05, 4.69) is 9.36 Å². The molecule has 3 N–H and O–H groups in total. The summed E-state index contributed by atoms with van der Waals surface area (Å²) in [5.41, 5.74) is 4.80. The summed E-state index contributed by atoms with van der Waals surface area (Å²) in [6.45, 7) is 0. The number of hydrogen-bond acceptors (Lipinski definition) is 6. The SMILES string of the molecule is Nc1c(F)ccc(Sc2ncns2)c1C(=O)O. The molecular formula is C9H6FN3O2S2. The molecule has 5 nitrogen and oxygen atoms in total. The van der Waals surface area contributed by atoms with Gasteiger partial charge < -0.3 is 10.8 Å². The molecule has 0 spiro atoms. The number of carboxylic acid groups (broad SMARTS) is 1. The number of nitrogens with zero attached hydrogens (tertiary/aromatic N) is 2. The van der Waals surface area contributed by atoms with Gasteiger partial charge in [-0.25, -0.2) is 14.2 Å². The molecule has 0 bridgehead atoms. The quantitative estimate of drug-likeness (QED) is 0.831. The van der Waals surface area contributed by atoms with Gasteiger partial charge in [0.2, 0.25) is 0 Å². The minimum absolute atomic E-state index is 0.245. The number of aromatic carboxylic acids is 1. The van der Waals surface area contributed by atoms with Crippen LogP contribution in [-0.4, -0.2) is 20.4 Å². The largest absolute Gasteiger partial charge is 0.478 e. The molecule has 1 aromatic carbocycles. The Bertz CT molecular complexity index is 560. The van der Waals surface area contributed by atoms with Gasteiger partial charge in [0, 0.05) is 4.90 Å². The van der Waals surface area contributed by atoms with E-state index < -0.39 is 11.8 Å². The van der Waals surface area contributed by atoms with Crippen molar-refractivity contribution in [2.45, 2.75) is 9.24 Å². The summed E-state index contributed by atoms with van der Waals surface area (Å²) < 4.78 is 17.5. The van der Waals surface area contributed by atoms with Gasteiger partial charge in [0.25, 0.3) is 0 Å². The van der Waals surface area contributed by atoms with E-state index in [1.54, 1.807) is 0 Å². The molecule has 0 atom stereocenters. The Kier molecular flexibility index (Phi) is 3.25. The van der Waals surface area contributed by atoms with Gasteiger partial charge in [0.1, 0.15) is 12.1 Å². The molecule has 0 aliphatic carbocycles. The molecule has 2 rings (SSSR count). The van der Waals surface area contributed by atoms with Crippen molar-refractivity contribution >= 4 is 35.0 Å². The second-order valence-electron chi connectivity index (χ2n) is 2.95. The van der Waals surface area contributed by atoms with Crippen molar-refractivity contribution in [1.29, 1.82) is 0 Å². The molecule has 0 saturated heterocycles. The van der Waals surface area contributed by atoms with E-state index in [9.17, 15) is 9.18 Å². The van der Waals surface area contributed by atoms with Crippen molar-refractivity contribution in [3.63, 3.8) is 0 Å². The molecule has 0 amide bonds. The van der Waals surface area contributed by atoms with Gasteiger partial charge in [-0.05, 0) is 23.7 Å². The molecule has 1 aromatic heterocycles. The van der Waals surface area contributed by atoms with Gasteiger partial charge in [-0.1, -0.05) is 11.8 Å². The highest BCUT2D eigenvalue weighted by Crippen LogP contribution is 2.34. The molecule has 0 fully saturated rings. The molecule has 0 saturated carbocycles. The van der Waals surface area contributed by atoms with Crippen molar-refractivity contribution < 1.29 is 14.3 Å². The number of benzene rings is 1. The molecule has 88 valence electrons. The van der Waals surface area contributed by atoms with Crippen molar-refractivity contribution in [2.24, 2.45) is 0 Å². The maximum absolute atomic E-state index is 13.2.